The summed E-state index contributed by atoms with van der Waals surface area (Å²) in [7, 11) is 0. The van der Waals surface area contributed by atoms with Crippen molar-refractivity contribution in [2.24, 2.45) is 0 Å². The van der Waals surface area contributed by atoms with Crippen LogP contribution in [-0.2, 0) is 5.41 Å². The first-order valence-corrected chi connectivity index (χ1v) is 33.9. The Labute approximate surface area is 554 Å². The fourth-order valence-electron chi connectivity index (χ4n) is 16.5. The van der Waals surface area contributed by atoms with Crippen molar-refractivity contribution < 1.29 is 0 Å². The molecule has 20 rings (SSSR count). The lowest BCUT2D eigenvalue weighted by molar-refractivity contribution is 0.661. The maximum absolute atomic E-state index is 2.48. The van der Waals surface area contributed by atoms with Crippen molar-refractivity contribution in [2.45, 2.75) is 19.3 Å². The highest BCUT2D eigenvalue weighted by Crippen LogP contribution is 2.53. The predicted molar refractivity (Wildman–Crippen MR) is 409 cm³/mol. The summed E-state index contributed by atoms with van der Waals surface area (Å²) in [4.78, 5) is 0. The standard InChI is InChI=1S/C93H59NS/c1-93(2)87-34-16-15-31-77(87)83-54-85-84-50-62(42-46-89(84)94(90(85)55-88(83)93)66-23-7-4-8-24-66)60-22-17-21-59(47-60)61-39-43-75-76-44-40-63(49-81(76)73-30-14-13-29-72(73)80(75)48-61)65-52-79(58-37-35-57(36-38-58)56-19-5-3-6-20-56)92-86(53-65)78-33-18-32-67(91(78)95-92)64-41-45-74-70-27-10-9-25-68(70)69-26-11-12-28-71(69)82(74)51-64/h3-55H,1-2H3. The average molecular weight is 1220 g/mol. The van der Waals surface area contributed by atoms with E-state index in [0.29, 0.717) is 0 Å². The normalized spacial score (nSPS) is 12.8. The summed E-state index contributed by atoms with van der Waals surface area (Å²) >= 11 is 1.93. The van der Waals surface area contributed by atoms with Gasteiger partial charge in [-0.3, -0.25) is 0 Å². The summed E-state index contributed by atoms with van der Waals surface area (Å²) < 4.78 is 5.07. The monoisotopic (exact) mass is 1220 g/mol. The molecule has 0 unspecified atom stereocenters. The first kappa shape index (κ1) is 53.9. The molecule has 1 aliphatic carbocycles. The van der Waals surface area contributed by atoms with E-state index in [1.165, 1.54) is 201 Å². The van der Waals surface area contributed by atoms with Crippen molar-refractivity contribution in [1.82, 2.24) is 4.57 Å². The van der Waals surface area contributed by atoms with E-state index >= 15 is 0 Å². The van der Waals surface area contributed by atoms with Gasteiger partial charge in [0.05, 0.1) is 11.0 Å². The summed E-state index contributed by atoms with van der Waals surface area (Å²) in [5.74, 6) is 0. The summed E-state index contributed by atoms with van der Waals surface area (Å²) in [6, 6.07) is 121. The number of benzene rings is 17. The molecule has 0 aliphatic heterocycles. The van der Waals surface area contributed by atoms with Gasteiger partial charge in [-0.2, -0.15) is 0 Å². The van der Waals surface area contributed by atoms with E-state index in [1.807, 2.05) is 11.3 Å². The van der Waals surface area contributed by atoms with Crippen molar-refractivity contribution in [2.75, 3.05) is 0 Å². The lowest BCUT2D eigenvalue weighted by atomic mass is 9.82. The van der Waals surface area contributed by atoms with Crippen molar-refractivity contribution in [3.63, 3.8) is 0 Å². The van der Waals surface area contributed by atoms with Gasteiger partial charge in [0.25, 0.3) is 0 Å². The topological polar surface area (TPSA) is 4.93 Å². The van der Waals surface area contributed by atoms with Crippen molar-refractivity contribution in [1.29, 1.82) is 0 Å². The van der Waals surface area contributed by atoms with E-state index in [1.54, 1.807) is 0 Å². The van der Waals surface area contributed by atoms with Crippen molar-refractivity contribution in [3.05, 3.63) is 333 Å². The summed E-state index contributed by atoms with van der Waals surface area (Å²) in [6.45, 7) is 4.75. The number of para-hydroxylation sites is 1. The van der Waals surface area contributed by atoms with E-state index < -0.39 is 0 Å². The zero-order valence-corrected chi connectivity index (χ0v) is 53.3. The fraction of sp³-hybridized carbons (Fsp3) is 0.0323. The molecule has 0 atom stereocenters. The SMILES string of the molecule is CC1(C)c2ccccc2-c2cc3c4cc(-c5cccc(-c6ccc7c8ccc(-c9cc(-c%10ccc(-c%11ccccc%11)cc%10)c%10sc%11c(-c%12ccc%13c%14ccccc%14c%14ccccc%14c%13c%12)cccc%11c%10c9)cc8c8ccccc8c7c6)c5)ccc4n(-c4ccccc4)c3cc21. The zero-order chi connectivity index (χ0) is 62.6. The van der Waals surface area contributed by atoms with Crippen molar-refractivity contribution in [3.8, 4) is 83.6 Å². The van der Waals surface area contributed by atoms with Crippen molar-refractivity contribution >= 4 is 118 Å². The average Bonchev–Trinajstić information content (AvgIpc) is 1.73. The number of rotatable bonds is 7. The number of nitrogens with zero attached hydrogens (tertiary/aromatic N) is 1. The van der Waals surface area contributed by atoms with Gasteiger partial charge in [-0.25, -0.2) is 0 Å². The molecule has 0 fully saturated rings. The van der Waals surface area contributed by atoms with Crippen LogP contribution in [0.1, 0.15) is 25.0 Å². The largest absolute Gasteiger partial charge is 0.309 e. The molecule has 1 nitrogen and oxygen atoms in total. The molecule has 0 radical (unpaired) electrons. The highest BCUT2D eigenvalue weighted by atomic mass is 32.1. The van der Waals surface area contributed by atoms with Crippen LogP contribution in [0.15, 0.2) is 322 Å². The van der Waals surface area contributed by atoms with E-state index in [-0.39, 0.29) is 5.41 Å². The van der Waals surface area contributed by atoms with E-state index in [0.717, 1.165) is 0 Å². The third-order valence-corrected chi connectivity index (χ3v) is 22.4. The maximum Gasteiger partial charge on any atom is 0.0544 e. The Morgan fingerprint density at radius 2 is 0.621 bits per heavy atom. The molecule has 0 N–H and O–H groups in total. The summed E-state index contributed by atoms with van der Waals surface area (Å²) in [5.41, 5.74) is 23.5. The van der Waals surface area contributed by atoms with Gasteiger partial charge in [-0.1, -0.05) is 263 Å². The molecule has 1 aliphatic rings. The first-order valence-electron chi connectivity index (χ1n) is 33.1. The highest BCUT2D eigenvalue weighted by Gasteiger charge is 2.36. The van der Waals surface area contributed by atoms with Gasteiger partial charge >= 0.3 is 0 Å². The number of hydrogen-bond donors (Lipinski definition) is 0. The molecule has 2 heteroatoms. The Hall–Kier alpha value is -11.7. The third-order valence-electron chi connectivity index (χ3n) is 21.1. The van der Waals surface area contributed by atoms with Gasteiger partial charge in [0.2, 0.25) is 0 Å². The second kappa shape index (κ2) is 20.7. The van der Waals surface area contributed by atoms with Gasteiger partial charge in [0.15, 0.2) is 0 Å². The zero-order valence-electron chi connectivity index (χ0n) is 52.5. The summed E-state index contributed by atoms with van der Waals surface area (Å²) in [6.07, 6.45) is 0. The maximum atomic E-state index is 2.48. The molecule has 0 bridgehead atoms. The second-order valence-corrected chi connectivity index (χ2v) is 27.6. The number of thiophene rings is 1. The molecule has 0 amide bonds. The van der Waals surface area contributed by atoms with Crippen LogP contribution in [-0.4, -0.2) is 4.57 Å². The van der Waals surface area contributed by atoms with Crippen LogP contribution in [0.25, 0.3) is 190 Å². The molecule has 0 spiro atoms. The molecule has 19 aromatic rings. The predicted octanol–water partition coefficient (Wildman–Crippen LogP) is 26.4. The van der Waals surface area contributed by atoms with Crippen LogP contribution in [0.3, 0.4) is 0 Å². The Morgan fingerprint density at radius 3 is 1.26 bits per heavy atom. The van der Waals surface area contributed by atoms with Crippen LogP contribution >= 0.6 is 11.3 Å². The Morgan fingerprint density at radius 1 is 0.211 bits per heavy atom. The smallest absolute Gasteiger partial charge is 0.0544 e. The molecule has 95 heavy (non-hydrogen) atoms. The van der Waals surface area contributed by atoms with Gasteiger partial charge in [0, 0.05) is 47.6 Å². The number of hydrogen-bond acceptors (Lipinski definition) is 1. The van der Waals surface area contributed by atoms with Crippen LogP contribution in [0, 0.1) is 0 Å². The first-order chi connectivity index (χ1) is 46.8. The minimum Gasteiger partial charge on any atom is -0.309 e. The van der Waals surface area contributed by atoms with Crippen LogP contribution in [0.2, 0.25) is 0 Å². The quantitative estimate of drug-likeness (QED) is 0.140. The molecular formula is C93H59NS. The van der Waals surface area contributed by atoms with Gasteiger partial charge in [0.1, 0.15) is 0 Å². The van der Waals surface area contributed by atoms with E-state index in [2.05, 4.69) is 340 Å². The lowest BCUT2D eigenvalue weighted by Crippen LogP contribution is -2.14. The molecule has 0 saturated carbocycles. The Bertz CT molecular complexity index is 6410. The number of aromatic nitrogens is 1. The second-order valence-electron chi connectivity index (χ2n) is 26.6. The van der Waals surface area contributed by atoms with Crippen LogP contribution < -0.4 is 0 Å². The minimum atomic E-state index is -0.101. The summed E-state index contributed by atoms with van der Waals surface area (Å²) in [5, 5.41) is 20.3. The molecule has 0 saturated heterocycles. The molecular weight excluding hydrogens is 1160 g/mol. The minimum absolute atomic E-state index is 0.101. The van der Waals surface area contributed by atoms with E-state index in [4.69, 9.17) is 0 Å². The number of fused-ring (bicyclic) bond motifs is 21. The van der Waals surface area contributed by atoms with E-state index in [9.17, 15) is 0 Å². The molecule has 2 heterocycles. The Kier molecular flexibility index (Phi) is 11.7. The van der Waals surface area contributed by atoms with Gasteiger partial charge in [-0.15, -0.1) is 11.3 Å². The lowest BCUT2D eigenvalue weighted by Gasteiger charge is -2.21. The van der Waals surface area contributed by atoms with Crippen LogP contribution in [0.4, 0.5) is 0 Å². The molecule has 17 aromatic carbocycles. The molecule has 2 aromatic heterocycles. The van der Waals surface area contributed by atoms with Gasteiger partial charge in [-0.05, 0) is 221 Å². The fourth-order valence-corrected chi connectivity index (χ4v) is 17.9. The molecule has 442 valence electrons. The third kappa shape index (κ3) is 8.21. The Balaban J connectivity index is 0.709. The van der Waals surface area contributed by atoms with Gasteiger partial charge < -0.3 is 4.57 Å². The highest BCUT2D eigenvalue weighted by molar-refractivity contribution is 7.27. The van der Waals surface area contributed by atoms with Crippen LogP contribution in [0.5, 0.6) is 0 Å².